The molecule has 0 saturated heterocycles. The first-order valence-electron chi connectivity index (χ1n) is 10.4. The van der Waals surface area contributed by atoms with Gasteiger partial charge in [-0.15, -0.1) is 0 Å². The van der Waals surface area contributed by atoms with Crippen molar-refractivity contribution in [2.24, 2.45) is 0 Å². The SMILES string of the molecule is Cc1ccc(-c2ccnc(Nc3cccc(NC(=O)Nc4ccc(Cl)c(C(F)(F)F)c4)c3)n2)cc1. The molecule has 1 heterocycles. The summed E-state index contributed by atoms with van der Waals surface area (Å²) < 4.78 is 39.1. The number of nitrogens with one attached hydrogen (secondary N) is 3. The van der Waals surface area contributed by atoms with Crippen molar-refractivity contribution in [3.05, 3.63) is 95.1 Å². The van der Waals surface area contributed by atoms with Crippen LogP contribution < -0.4 is 16.0 Å². The van der Waals surface area contributed by atoms with Crippen LogP contribution in [0, 0.1) is 6.92 Å². The van der Waals surface area contributed by atoms with Gasteiger partial charge in [0.05, 0.1) is 16.3 Å². The molecular formula is C25H19ClF3N5O. The zero-order valence-electron chi connectivity index (χ0n) is 18.3. The molecular weight excluding hydrogens is 479 g/mol. The van der Waals surface area contributed by atoms with Crippen LogP contribution in [-0.2, 0) is 6.18 Å². The van der Waals surface area contributed by atoms with Crippen molar-refractivity contribution in [1.29, 1.82) is 0 Å². The molecule has 0 aliphatic carbocycles. The van der Waals surface area contributed by atoms with Crippen LogP contribution in [0.3, 0.4) is 0 Å². The largest absolute Gasteiger partial charge is 0.417 e. The first-order chi connectivity index (χ1) is 16.7. The molecule has 0 spiro atoms. The molecule has 35 heavy (non-hydrogen) atoms. The first-order valence-corrected chi connectivity index (χ1v) is 10.8. The number of anilines is 4. The predicted octanol–water partition coefficient (Wildman–Crippen LogP) is 7.51. The van der Waals surface area contributed by atoms with Gasteiger partial charge in [-0.05, 0) is 49.4 Å². The summed E-state index contributed by atoms with van der Waals surface area (Å²) in [5.74, 6) is 0.366. The molecule has 2 amide bonds. The fourth-order valence-corrected chi connectivity index (χ4v) is 3.45. The van der Waals surface area contributed by atoms with Crippen molar-refractivity contribution >= 4 is 40.6 Å². The van der Waals surface area contributed by atoms with Crippen molar-refractivity contribution in [3.8, 4) is 11.3 Å². The molecule has 6 nitrogen and oxygen atoms in total. The van der Waals surface area contributed by atoms with E-state index in [1.807, 2.05) is 31.2 Å². The molecule has 1 aromatic heterocycles. The number of aryl methyl sites for hydroxylation is 1. The minimum Gasteiger partial charge on any atom is -0.324 e. The average Bonchev–Trinajstić information content (AvgIpc) is 2.80. The van der Waals surface area contributed by atoms with Crippen LogP contribution in [-0.4, -0.2) is 16.0 Å². The molecule has 0 fully saturated rings. The number of benzene rings is 3. The second-order valence-electron chi connectivity index (χ2n) is 7.61. The molecule has 0 aliphatic rings. The number of alkyl halides is 3. The Balaban J connectivity index is 1.44. The Morgan fingerprint density at radius 2 is 1.57 bits per heavy atom. The number of hydrogen-bond donors (Lipinski definition) is 3. The zero-order chi connectivity index (χ0) is 25.0. The third-order valence-electron chi connectivity index (χ3n) is 4.91. The van der Waals surface area contributed by atoms with Crippen LogP contribution >= 0.6 is 11.6 Å². The highest BCUT2D eigenvalue weighted by Crippen LogP contribution is 2.36. The Morgan fingerprint density at radius 3 is 2.29 bits per heavy atom. The molecule has 178 valence electrons. The van der Waals surface area contributed by atoms with Gasteiger partial charge in [0.2, 0.25) is 5.95 Å². The highest BCUT2D eigenvalue weighted by atomic mass is 35.5. The number of carbonyl (C=O) groups excluding carboxylic acids is 1. The van der Waals surface area contributed by atoms with E-state index >= 15 is 0 Å². The van der Waals surface area contributed by atoms with Gasteiger partial charge in [-0.2, -0.15) is 13.2 Å². The van der Waals surface area contributed by atoms with E-state index in [4.69, 9.17) is 11.6 Å². The van der Waals surface area contributed by atoms with Crippen LogP contribution in [0.25, 0.3) is 11.3 Å². The number of urea groups is 1. The number of aromatic nitrogens is 2. The Bertz CT molecular complexity index is 1360. The van der Waals surface area contributed by atoms with E-state index in [2.05, 4.69) is 25.9 Å². The predicted molar refractivity (Wildman–Crippen MR) is 131 cm³/mol. The van der Waals surface area contributed by atoms with E-state index in [-0.39, 0.29) is 5.69 Å². The molecule has 0 unspecified atom stereocenters. The lowest BCUT2D eigenvalue weighted by atomic mass is 10.1. The van der Waals surface area contributed by atoms with Gasteiger partial charge in [0, 0.05) is 28.8 Å². The second-order valence-corrected chi connectivity index (χ2v) is 8.02. The topological polar surface area (TPSA) is 78.9 Å². The third-order valence-corrected chi connectivity index (χ3v) is 5.24. The summed E-state index contributed by atoms with van der Waals surface area (Å²) in [6, 6.07) is 18.9. The minimum absolute atomic E-state index is 0.0465. The summed E-state index contributed by atoms with van der Waals surface area (Å²) in [4.78, 5) is 21.1. The molecule has 0 saturated carbocycles. The van der Waals surface area contributed by atoms with Gasteiger partial charge in [0.15, 0.2) is 0 Å². The van der Waals surface area contributed by atoms with E-state index in [0.29, 0.717) is 17.3 Å². The maximum atomic E-state index is 13.0. The summed E-state index contributed by atoms with van der Waals surface area (Å²) in [5.41, 5.74) is 2.78. The Morgan fingerprint density at radius 1 is 0.886 bits per heavy atom. The summed E-state index contributed by atoms with van der Waals surface area (Å²) in [6.07, 6.45) is -2.99. The Hall–Kier alpha value is -4.11. The number of nitrogens with zero attached hydrogens (tertiary/aromatic N) is 2. The fraction of sp³-hybridized carbons (Fsp3) is 0.0800. The number of amides is 2. The Kier molecular flexibility index (Phi) is 6.88. The van der Waals surface area contributed by atoms with Gasteiger partial charge in [-0.25, -0.2) is 14.8 Å². The van der Waals surface area contributed by atoms with Gasteiger partial charge >= 0.3 is 12.2 Å². The van der Waals surface area contributed by atoms with E-state index < -0.39 is 22.8 Å². The number of hydrogen-bond acceptors (Lipinski definition) is 4. The van der Waals surface area contributed by atoms with Crippen molar-refractivity contribution in [1.82, 2.24) is 9.97 Å². The molecule has 0 atom stereocenters. The first kappa shape index (κ1) is 24.0. The molecule has 10 heteroatoms. The van der Waals surface area contributed by atoms with E-state index in [9.17, 15) is 18.0 Å². The van der Waals surface area contributed by atoms with Gasteiger partial charge in [0.1, 0.15) is 0 Å². The van der Waals surface area contributed by atoms with E-state index in [0.717, 1.165) is 29.0 Å². The third kappa shape index (κ3) is 6.27. The van der Waals surface area contributed by atoms with Crippen LogP contribution in [0.5, 0.6) is 0 Å². The summed E-state index contributed by atoms with van der Waals surface area (Å²) in [6.45, 7) is 2.01. The van der Waals surface area contributed by atoms with Crippen LogP contribution in [0.1, 0.15) is 11.1 Å². The molecule has 4 rings (SSSR count). The normalized spacial score (nSPS) is 11.1. The quantitative estimate of drug-likeness (QED) is 0.266. The Labute approximate surface area is 204 Å². The number of rotatable bonds is 5. The highest BCUT2D eigenvalue weighted by Gasteiger charge is 2.33. The molecule has 3 aromatic carbocycles. The highest BCUT2D eigenvalue weighted by molar-refractivity contribution is 6.31. The standard InChI is InChI=1S/C25H19ClF3N5O/c1-15-5-7-16(8-6-15)22-11-12-30-23(34-22)31-17-3-2-4-18(13-17)32-24(35)33-19-9-10-21(26)20(14-19)25(27,28)29/h2-14H,1H3,(H,30,31,34)(H2,32,33,35). The second kappa shape index (κ2) is 10.0. The van der Waals surface area contributed by atoms with Gasteiger partial charge in [-0.1, -0.05) is 47.5 Å². The summed E-state index contributed by atoms with van der Waals surface area (Å²) >= 11 is 5.62. The van der Waals surface area contributed by atoms with Crippen molar-refractivity contribution in [2.75, 3.05) is 16.0 Å². The average molecular weight is 498 g/mol. The van der Waals surface area contributed by atoms with Crippen molar-refractivity contribution < 1.29 is 18.0 Å². The molecule has 3 N–H and O–H groups in total. The smallest absolute Gasteiger partial charge is 0.324 e. The lowest BCUT2D eigenvalue weighted by molar-refractivity contribution is -0.137. The van der Waals surface area contributed by atoms with Crippen LogP contribution in [0.2, 0.25) is 5.02 Å². The van der Waals surface area contributed by atoms with Crippen LogP contribution in [0.15, 0.2) is 79.0 Å². The maximum Gasteiger partial charge on any atom is 0.417 e. The van der Waals surface area contributed by atoms with Gasteiger partial charge < -0.3 is 16.0 Å². The molecule has 0 radical (unpaired) electrons. The summed E-state index contributed by atoms with van der Waals surface area (Å²) in [5, 5.41) is 7.60. The lowest BCUT2D eigenvalue weighted by Crippen LogP contribution is -2.20. The number of halogens is 4. The lowest BCUT2D eigenvalue weighted by Gasteiger charge is -2.13. The molecule has 0 bridgehead atoms. The fourth-order valence-electron chi connectivity index (χ4n) is 3.22. The van der Waals surface area contributed by atoms with Crippen LogP contribution in [0.4, 0.5) is 41.0 Å². The molecule has 0 aliphatic heterocycles. The van der Waals surface area contributed by atoms with Crippen molar-refractivity contribution in [3.63, 3.8) is 0 Å². The van der Waals surface area contributed by atoms with Gasteiger partial charge in [0.25, 0.3) is 0 Å². The van der Waals surface area contributed by atoms with E-state index in [1.54, 1.807) is 36.5 Å². The van der Waals surface area contributed by atoms with Gasteiger partial charge in [-0.3, -0.25) is 0 Å². The molecule has 4 aromatic rings. The minimum atomic E-state index is -4.63. The summed E-state index contributed by atoms with van der Waals surface area (Å²) in [7, 11) is 0. The van der Waals surface area contributed by atoms with E-state index in [1.165, 1.54) is 6.07 Å². The monoisotopic (exact) mass is 497 g/mol. The number of carbonyl (C=O) groups is 1. The zero-order valence-corrected chi connectivity index (χ0v) is 19.1. The maximum absolute atomic E-state index is 13.0. The van der Waals surface area contributed by atoms with Crippen molar-refractivity contribution in [2.45, 2.75) is 13.1 Å².